The van der Waals surface area contributed by atoms with Gasteiger partial charge in [-0.2, -0.15) is 0 Å². The first kappa shape index (κ1) is 13.7. The van der Waals surface area contributed by atoms with Crippen LogP contribution < -0.4 is 5.69 Å². The summed E-state index contributed by atoms with van der Waals surface area (Å²) in [5.41, 5.74) is 0.491. The molecule has 0 unspecified atom stereocenters. The second-order valence-electron chi connectivity index (χ2n) is 4.15. The van der Waals surface area contributed by atoms with Crippen molar-refractivity contribution in [1.29, 1.82) is 0 Å². The molecule has 19 heavy (non-hydrogen) atoms. The number of ketones is 1. The number of nitrogens with zero attached hydrogens (tertiary/aromatic N) is 2. The summed E-state index contributed by atoms with van der Waals surface area (Å²) in [6.45, 7) is 2.60. The molecule has 2 rings (SSSR count). The highest BCUT2D eigenvalue weighted by Crippen LogP contribution is 2.15. The van der Waals surface area contributed by atoms with Crippen LogP contribution in [0.1, 0.15) is 17.3 Å². The van der Waals surface area contributed by atoms with Gasteiger partial charge in [-0.3, -0.25) is 13.9 Å². The summed E-state index contributed by atoms with van der Waals surface area (Å²) >= 11 is 1.63. The largest absolute Gasteiger partial charge is 0.328 e. The molecule has 5 heteroatoms. The van der Waals surface area contributed by atoms with Crippen LogP contribution in [0.3, 0.4) is 0 Å². The molecule has 0 bridgehead atoms. The Morgan fingerprint density at radius 2 is 1.79 bits per heavy atom. The van der Waals surface area contributed by atoms with Crippen molar-refractivity contribution in [2.24, 2.45) is 0 Å². The molecule has 1 aromatic carbocycles. The van der Waals surface area contributed by atoms with Gasteiger partial charge in [0.05, 0.1) is 6.54 Å². The Morgan fingerprint density at radius 3 is 2.32 bits per heavy atom. The Labute approximate surface area is 116 Å². The van der Waals surface area contributed by atoms with Crippen molar-refractivity contribution in [3.8, 4) is 0 Å². The lowest BCUT2D eigenvalue weighted by atomic mass is 10.1. The molecule has 100 valence electrons. The number of hydrogen-bond acceptors (Lipinski definition) is 3. The van der Waals surface area contributed by atoms with Crippen molar-refractivity contribution in [3.63, 3.8) is 0 Å². The van der Waals surface area contributed by atoms with Crippen molar-refractivity contribution >= 4 is 17.5 Å². The molecular formula is C14H16N2O2S. The molecule has 1 heterocycles. The van der Waals surface area contributed by atoms with Gasteiger partial charge in [0.15, 0.2) is 5.78 Å². The van der Waals surface area contributed by atoms with Crippen LogP contribution in [-0.2, 0) is 13.1 Å². The number of aromatic nitrogens is 2. The first-order valence-electron chi connectivity index (χ1n) is 6.08. The van der Waals surface area contributed by atoms with Gasteiger partial charge in [-0.1, -0.05) is 12.1 Å². The Kier molecular flexibility index (Phi) is 4.27. The van der Waals surface area contributed by atoms with Gasteiger partial charge in [0.25, 0.3) is 0 Å². The van der Waals surface area contributed by atoms with E-state index in [-0.39, 0.29) is 18.0 Å². The zero-order valence-corrected chi connectivity index (χ0v) is 11.8. The van der Waals surface area contributed by atoms with Gasteiger partial charge in [0.2, 0.25) is 0 Å². The fourth-order valence-electron chi connectivity index (χ4n) is 1.84. The zero-order valence-electron chi connectivity index (χ0n) is 11.0. The lowest BCUT2D eigenvalue weighted by molar-refractivity contribution is 0.0970. The Balaban J connectivity index is 2.15. The molecular weight excluding hydrogens is 260 g/mol. The molecule has 0 aliphatic heterocycles. The maximum absolute atomic E-state index is 12.1. The first-order chi connectivity index (χ1) is 9.15. The predicted octanol–water partition coefficient (Wildman–Crippen LogP) is 2.27. The lowest BCUT2D eigenvalue weighted by Gasteiger charge is -2.03. The van der Waals surface area contributed by atoms with E-state index in [1.54, 1.807) is 40.9 Å². The van der Waals surface area contributed by atoms with Crippen LogP contribution in [0.25, 0.3) is 0 Å². The van der Waals surface area contributed by atoms with Crippen molar-refractivity contribution in [2.45, 2.75) is 24.9 Å². The van der Waals surface area contributed by atoms with Crippen LogP contribution in [0, 0.1) is 0 Å². The summed E-state index contributed by atoms with van der Waals surface area (Å²) in [7, 11) is 0. The summed E-state index contributed by atoms with van der Waals surface area (Å²) in [6.07, 6.45) is 5.34. The van der Waals surface area contributed by atoms with Crippen LogP contribution in [0.5, 0.6) is 0 Å². The fraction of sp³-hybridized carbons (Fsp3) is 0.286. The smallest absolute Gasteiger partial charge is 0.300 e. The number of Topliss-reactive ketones (excluding diaryl/α,β-unsaturated/α-hetero) is 1. The number of carbonyl (C=O) groups excluding carboxylic acids is 1. The molecule has 0 aliphatic carbocycles. The maximum Gasteiger partial charge on any atom is 0.328 e. The van der Waals surface area contributed by atoms with Crippen molar-refractivity contribution in [1.82, 2.24) is 9.13 Å². The third-order valence-corrected chi connectivity index (χ3v) is 3.73. The number of benzene rings is 1. The van der Waals surface area contributed by atoms with E-state index in [0.29, 0.717) is 12.1 Å². The summed E-state index contributed by atoms with van der Waals surface area (Å²) in [5, 5.41) is 0. The Bertz CT molecular complexity index is 626. The number of hydrogen-bond donors (Lipinski definition) is 0. The van der Waals surface area contributed by atoms with Gasteiger partial charge >= 0.3 is 5.69 Å². The average Bonchev–Trinajstić information content (AvgIpc) is 2.79. The quantitative estimate of drug-likeness (QED) is 0.621. The monoisotopic (exact) mass is 276 g/mol. The number of thioether (sulfide) groups is 1. The maximum atomic E-state index is 12.1. The molecule has 0 radical (unpaired) electrons. The third-order valence-electron chi connectivity index (χ3n) is 2.98. The SMILES string of the molecule is CCn1ccn(CC(=O)c2ccc(SC)cc2)c1=O. The van der Waals surface area contributed by atoms with E-state index >= 15 is 0 Å². The average molecular weight is 276 g/mol. The fourth-order valence-corrected chi connectivity index (χ4v) is 2.25. The molecule has 0 N–H and O–H groups in total. The molecule has 0 amide bonds. The van der Waals surface area contributed by atoms with E-state index in [0.717, 1.165) is 4.90 Å². The van der Waals surface area contributed by atoms with E-state index in [1.807, 2.05) is 25.3 Å². The minimum atomic E-state index is -0.142. The van der Waals surface area contributed by atoms with Crippen molar-refractivity contribution < 1.29 is 4.79 Å². The van der Waals surface area contributed by atoms with Gasteiger partial charge in [-0.25, -0.2) is 4.79 Å². The Morgan fingerprint density at radius 1 is 1.16 bits per heavy atom. The second kappa shape index (κ2) is 5.93. The lowest BCUT2D eigenvalue weighted by Crippen LogP contribution is -2.26. The first-order valence-corrected chi connectivity index (χ1v) is 7.31. The Hall–Kier alpha value is -1.75. The molecule has 0 saturated heterocycles. The van der Waals surface area contributed by atoms with Crippen LogP contribution in [0.15, 0.2) is 46.3 Å². The van der Waals surface area contributed by atoms with Gasteiger partial charge in [-0.15, -0.1) is 11.8 Å². The molecule has 4 nitrogen and oxygen atoms in total. The van der Waals surface area contributed by atoms with Gasteiger partial charge < -0.3 is 0 Å². The van der Waals surface area contributed by atoms with E-state index in [2.05, 4.69) is 0 Å². The molecule has 0 fully saturated rings. The second-order valence-corrected chi connectivity index (χ2v) is 5.03. The number of rotatable bonds is 5. The molecule has 0 aliphatic rings. The number of imidazole rings is 1. The highest BCUT2D eigenvalue weighted by Gasteiger charge is 2.09. The molecule has 0 saturated carbocycles. The molecule has 2 aromatic rings. The van der Waals surface area contributed by atoms with Crippen molar-refractivity contribution in [3.05, 3.63) is 52.7 Å². The van der Waals surface area contributed by atoms with Crippen molar-refractivity contribution in [2.75, 3.05) is 6.26 Å². The molecule has 0 atom stereocenters. The topological polar surface area (TPSA) is 44.0 Å². The predicted molar refractivity (Wildman–Crippen MR) is 76.9 cm³/mol. The summed E-state index contributed by atoms with van der Waals surface area (Å²) < 4.78 is 3.01. The highest BCUT2D eigenvalue weighted by molar-refractivity contribution is 7.98. The summed E-state index contributed by atoms with van der Waals surface area (Å²) in [4.78, 5) is 25.0. The summed E-state index contributed by atoms with van der Waals surface area (Å²) in [6, 6.07) is 7.43. The van der Waals surface area contributed by atoms with Crippen LogP contribution in [0.4, 0.5) is 0 Å². The number of carbonyl (C=O) groups is 1. The minimum Gasteiger partial charge on any atom is -0.300 e. The van der Waals surface area contributed by atoms with E-state index in [9.17, 15) is 9.59 Å². The standard InChI is InChI=1S/C14H16N2O2S/c1-3-15-8-9-16(14(15)18)10-13(17)11-4-6-12(19-2)7-5-11/h4-9H,3,10H2,1-2H3. The van der Waals surface area contributed by atoms with E-state index in [1.165, 1.54) is 4.57 Å². The third kappa shape index (κ3) is 2.98. The van der Waals surface area contributed by atoms with Gasteiger partial charge in [0.1, 0.15) is 0 Å². The van der Waals surface area contributed by atoms with Gasteiger partial charge in [-0.05, 0) is 25.3 Å². The summed E-state index contributed by atoms with van der Waals surface area (Å²) in [5.74, 6) is -0.0522. The molecule has 1 aromatic heterocycles. The normalized spacial score (nSPS) is 10.6. The minimum absolute atomic E-state index is 0.0522. The molecule has 0 spiro atoms. The number of aryl methyl sites for hydroxylation is 1. The zero-order chi connectivity index (χ0) is 13.8. The van der Waals surface area contributed by atoms with Crippen LogP contribution in [-0.4, -0.2) is 21.2 Å². The van der Waals surface area contributed by atoms with Gasteiger partial charge in [0, 0.05) is 29.4 Å². The van der Waals surface area contributed by atoms with Crippen LogP contribution in [0.2, 0.25) is 0 Å². The van der Waals surface area contributed by atoms with E-state index in [4.69, 9.17) is 0 Å². The van der Waals surface area contributed by atoms with Crippen LogP contribution >= 0.6 is 11.8 Å². The highest BCUT2D eigenvalue weighted by atomic mass is 32.2. The van der Waals surface area contributed by atoms with E-state index < -0.39 is 0 Å².